The van der Waals surface area contributed by atoms with Crippen LogP contribution in [0.1, 0.15) is 75.0 Å². The number of pyridine rings is 1. The van der Waals surface area contributed by atoms with Gasteiger partial charge >= 0.3 is 5.92 Å². The van der Waals surface area contributed by atoms with E-state index in [2.05, 4.69) is 36.1 Å². The molecule has 1 aromatic heterocycles. The SMILES string of the molecule is C[C@@H](c1ccc(NC(=O)[C@](C)(NC(=O)C(F)(F)c2cncc(C#N)c2)C2CCCCCC2)c(F)c1)[C@@H](NC(=O)C1=CNNS1)C(=O)N1CCN(C)CC1. The van der Waals surface area contributed by atoms with E-state index in [1.807, 2.05) is 7.05 Å². The molecule has 2 aromatic rings. The number of carbonyl (C=O) groups is 4. The van der Waals surface area contributed by atoms with E-state index in [9.17, 15) is 19.2 Å². The molecule has 3 heterocycles. The number of benzene rings is 1. The second kappa shape index (κ2) is 17.0. The van der Waals surface area contributed by atoms with Crippen LogP contribution in [0.4, 0.5) is 18.9 Å². The minimum Gasteiger partial charge on any atom is -0.339 e. The Labute approximate surface area is 310 Å². The van der Waals surface area contributed by atoms with Crippen molar-refractivity contribution < 1.29 is 32.3 Å². The van der Waals surface area contributed by atoms with E-state index >= 15 is 13.2 Å². The molecule has 0 radical (unpaired) electrons. The van der Waals surface area contributed by atoms with Crippen molar-refractivity contribution in [3.63, 3.8) is 0 Å². The maximum atomic E-state index is 15.9. The number of amides is 4. The molecule has 13 nitrogen and oxygen atoms in total. The second-order valence-corrected chi connectivity index (χ2v) is 14.8. The standard InChI is InChI=1S/C36H44F3N9O4S/c1-22(30(44-31(49)29-21-42-46-53-29)32(50)48-14-12-47(3)13-15-48)24-10-11-28(27(37)17-24)43-33(51)35(2,25-8-6-4-5-7-9-25)45-34(52)36(38,39)26-16-23(18-40)19-41-20-26/h10-11,16-17,19-22,25,30,42,46H,4-9,12-15H2,1-3H3,(H,43,51)(H,44,49)(H,45,52)/t22-,30+,35+/m0/s1. The molecule has 1 saturated carbocycles. The summed E-state index contributed by atoms with van der Waals surface area (Å²) in [6.45, 7) is 5.29. The van der Waals surface area contributed by atoms with Crippen LogP contribution in [0.3, 0.4) is 0 Å². The van der Waals surface area contributed by atoms with Gasteiger partial charge in [-0.2, -0.15) is 18.9 Å². The lowest BCUT2D eigenvalue weighted by Gasteiger charge is -2.38. The average molecular weight is 756 g/mol. The first-order chi connectivity index (χ1) is 25.2. The van der Waals surface area contributed by atoms with Crippen LogP contribution in [0, 0.1) is 23.1 Å². The Hall–Kier alpha value is -4.66. The van der Waals surface area contributed by atoms with Gasteiger partial charge in [0, 0.05) is 50.7 Å². The number of alkyl halides is 2. The lowest BCUT2D eigenvalue weighted by atomic mass is 9.79. The number of nitrogens with zero attached hydrogens (tertiary/aromatic N) is 4. The number of carbonyl (C=O) groups excluding carboxylic acids is 4. The van der Waals surface area contributed by atoms with Crippen LogP contribution in [0.2, 0.25) is 0 Å². The third-order valence-corrected chi connectivity index (χ3v) is 11.1. The third-order valence-electron chi connectivity index (χ3n) is 10.3. The number of anilines is 1. The highest BCUT2D eigenvalue weighted by atomic mass is 32.2. The van der Waals surface area contributed by atoms with E-state index in [0.29, 0.717) is 62.3 Å². The van der Waals surface area contributed by atoms with Crippen molar-refractivity contribution in [2.24, 2.45) is 5.92 Å². The van der Waals surface area contributed by atoms with E-state index in [-0.39, 0.29) is 17.2 Å². The number of nitriles is 1. The second-order valence-electron chi connectivity index (χ2n) is 13.9. The molecule has 5 rings (SSSR count). The van der Waals surface area contributed by atoms with Gasteiger partial charge in [0.25, 0.3) is 11.8 Å². The Kier molecular flexibility index (Phi) is 12.7. The summed E-state index contributed by atoms with van der Waals surface area (Å²) >= 11 is 1.05. The molecule has 3 atom stereocenters. The predicted octanol–water partition coefficient (Wildman–Crippen LogP) is 3.63. The van der Waals surface area contributed by atoms with Crippen molar-refractivity contribution >= 4 is 41.3 Å². The fraction of sp³-hybridized carbons (Fsp3) is 0.500. The molecular formula is C36H44F3N9O4S. The molecule has 3 aliphatic rings. The molecule has 1 saturated heterocycles. The van der Waals surface area contributed by atoms with Gasteiger partial charge in [0.2, 0.25) is 11.8 Å². The number of hydrazine groups is 1. The minimum atomic E-state index is -4.14. The molecule has 284 valence electrons. The topological polar surface area (TPSA) is 172 Å². The first-order valence-electron chi connectivity index (χ1n) is 17.6. The predicted molar refractivity (Wildman–Crippen MR) is 192 cm³/mol. The summed E-state index contributed by atoms with van der Waals surface area (Å²) < 4.78 is 47.0. The first kappa shape index (κ1) is 39.5. The highest BCUT2D eigenvalue weighted by Crippen LogP contribution is 2.36. The Bertz CT molecular complexity index is 1770. The smallest absolute Gasteiger partial charge is 0.339 e. The normalized spacial score (nSPS) is 19.3. The maximum absolute atomic E-state index is 15.9. The average Bonchev–Trinajstić information content (AvgIpc) is 3.56. The number of nitrogens with one attached hydrogen (secondary N) is 5. The van der Waals surface area contributed by atoms with Crippen LogP contribution in [0.25, 0.3) is 0 Å². The number of halogens is 3. The van der Waals surface area contributed by atoms with E-state index in [4.69, 9.17) is 5.26 Å². The van der Waals surface area contributed by atoms with Gasteiger partial charge in [0.05, 0.1) is 16.8 Å². The summed E-state index contributed by atoms with van der Waals surface area (Å²) in [5, 5.41) is 16.8. The molecular weight excluding hydrogens is 712 g/mol. The summed E-state index contributed by atoms with van der Waals surface area (Å²) in [5.74, 6) is -9.68. The Morgan fingerprint density at radius 3 is 2.36 bits per heavy atom. The van der Waals surface area contributed by atoms with Gasteiger partial charge in [0.1, 0.15) is 28.4 Å². The van der Waals surface area contributed by atoms with Gasteiger partial charge in [-0.15, -0.1) is 0 Å². The zero-order valence-corrected chi connectivity index (χ0v) is 30.6. The zero-order chi connectivity index (χ0) is 38.3. The molecule has 4 amide bonds. The molecule has 0 unspecified atom stereocenters. The van der Waals surface area contributed by atoms with Crippen LogP contribution in [0.15, 0.2) is 47.8 Å². The molecule has 2 fully saturated rings. The summed E-state index contributed by atoms with van der Waals surface area (Å²) in [6, 6.07) is 5.53. The zero-order valence-electron chi connectivity index (χ0n) is 29.8. The van der Waals surface area contributed by atoms with E-state index in [0.717, 1.165) is 49.3 Å². The number of hydrogen-bond acceptors (Lipinski definition) is 10. The van der Waals surface area contributed by atoms with Crippen LogP contribution in [0.5, 0.6) is 0 Å². The fourth-order valence-corrected chi connectivity index (χ4v) is 7.33. The van der Waals surface area contributed by atoms with Gasteiger partial charge in [-0.05, 0) is 68.4 Å². The number of aromatic nitrogens is 1. The molecule has 17 heteroatoms. The van der Waals surface area contributed by atoms with Crippen molar-refractivity contribution in [3.05, 3.63) is 70.3 Å². The van der Waals surface area contributed by atoms with E-state index in [1.54, 1.807) is 17.9 Å². The van der Waals surface area contributed by atoms with Crippen LogP contribution in [-0.4, -0.2) is 83.2 Å². The largest absolute Gasteiger partial charge is 0.351 e. The van der Waals surface area contributed by atoms with Crippen molar-refractivity contribution in [3.8, 4) is 6.07 Å². The Morgan fingerprint density at radius 2 is 1.74 bits per heavy atom. The van der Waals surface area contributed by atoms with Gasteiger partial charge in [-0.1, -0.05) is 38.7 Å². The van der Waals surface area contributed by atoms with Crippen molar-refractivity contribution in [2.45, 2.75) is 75.8 Å². The summed E-state index contributed by atoms with van der Waals surface area (Å²) in [6.07, 6.45) is 7.46. The van der Waals surface area contributed by atoms with Crippen molar-refractivity contribution in [2.75, 3.05) is 38.5 Å². The maximum Gasteiger partial charge on any atom is 0.351 e. The van der Waals surface area contributed by atoms with E-state index < -0.39 is 58.4 Å². The van der Waals surface area contributed by atoms with Gasteiger partial charge < -0.3 is 31.2 Å². The number of piperazine rings is 1. The summed E-state index contributed by atoms with van der Waals surface area (Å²) in [4.78, 5) is 64.7. The van der Waals surface area contributed by atoms with Crippen molar-refractivity contribution in [1.29, 1.82) is 5.26 Å². The highest BCUT2D eigenvalue weighted by Gasteiger charge is 2.49. The summed E-state index contributed by atoms with van der Waals surface area (Å²) in [7, 11) is 1.95. The fourth-order valence-electron chi connectivity index (χ4n) is 6.84. The first-order valence-corrected chi connectivity index (χ1v) is 18.4. The van der Waals surface area contributed by atoms with Gasteiger partial charge in [0.15, 0.2) is 0 Å². The molecule has 1 aromatic carbocycles. The molecule has 53 heavy (non-hydrogen) atoms. The van der Waals surface area contributed by atoms with Crippen LogP contribution in [-0.2, 0) is 25.1 Å². The molecule has 2 aliphatic heterocycles. The lowest BCUT2D eigenvalue weighted by molar-refractivity contribution is -0.152. The minimum absolute atomic E-state index is 0.162. The van der Waals surface area contributed by atoms with Gasteiger partial charge in [-0.3, -0.25) is 24.2 Å². The molecule has 0 spiro atoms. The molecule has 0 bridgehead atoms. The molecule has 1 aliphatic carbocycles. The Morgan fingerprint density at radius 1 is 1.04 bits per heavy atom. The number of hydrogen-bond donors (Lipinski definition) is 5. The third kappa shape index (κ3) is 9.11. The monoisotopic (exact) mass is 755 g/mol. The lowest BCUT2D eigenvalue weighted by Crippen LogP contribution is -2.61. The van der Waals surface area contributed by atoms with Gasteiger partial charge in [-0.25, -0.2) is 4.39 Å². The van der Waals surface area contributed by atoms with Crippen molar-refractivity contribution in [1.82, 2.24) is 35.7 Å². The number of likely N-dealkylation sites (N-methyl/N-ethyl adjacent to an activating group) is 1. The Balaban J connectivity index is 1.38. The van der Waals surface area contributed by atoms with E-state index in [1.165, 1.54) is 25.3 Å². The number of rotatable bonds is 11. The van der Waals surface area contributed by atoms with Crippen LogP contribution < -0.4 is 26.2 Å². The highest BCUT2D eigenvalue weighted by molar-refractivity contribution is 8.02. The summed E-state index contributed by atoms with van der Waals surface area (Å²) in [5.41, 5.74) is -0.0181. The molecule has 5 N–H and O–H groups in total. The van der Waals surface area contributed by atoms with Crippen LogP contribution >= 0.6 is 11.9 Å². The quantitative estimate of drug-likeness (QED) is 0.169.